The molecular weight excluding hydrogens is 252 g/mol. The largest absolute Gasteiger partial charge is 0.376 e. The molecule has 5 heteroatoms. The van der Waals surface area contributed by atoms with Crippen LogP contribution in [0, 0.1) is 11.8 Å². The first-order valence-electron chi connectivity index (χ1n) is 7.05. The lowest BCUT2D eigenvalue weighted by molar-refractivity contribution is -0.117. The van der Waals surface area contributed by atoms with Gasteiger partial charge in [0, 0.05) is 26.7 Å². The number of hydrogen-bond donors (Lipinski definition) is 2. The molecule has 0 aliphatic heterocycles. The van der Waals surface area contributed by atoms with Gasteiger partial charge in [0.1, 0.15) is 0 Å². The van der Waals surface area contributed by atoms with E-state index in [1.165, 1.54) is 0 Å². The normalized spacial score (nSPS) is 12.3. The highest BCUT2D eigenvalue weighted by atomic mass is 16.1. The van der Waals surface area contributed by atoms with Crippen LogP contribution < -0.4 is 16.0 Å². The summed E-state index contributed by atoms with van der Waals surface area (Å²) in [6.07, 6.45) is 4.81. The minimum atomic E-state index is -0.00259. The smallest absolute Gasteiger partial charge is 0.224 e. The Labute approximate surface area is 121 Å². The molecule has 5 nitrogen and oxygen atoms in total. The third-order valence-electron chi connectivity index (χ3n) is 3.17. The summed E-state index contributed by atoms with van der Waals surface area (Å²) in [5.74, 6) is 0.777. The maximum absolute atomic E-state index is 12.1. The first-order valence-corrected chi connectivity index (χ1v) is 7.05. The van der Waals surface area contributed by atoms with E-state index in [2.05, 4.69) is 24.1 Å². The number of nitrogens with two attached hydrogens (primary N) is 1. The van der Waals surface area contributed by atoms with Crippen LogP contribution in [0.25, 0.3) is 0 Å². The Hall–Kier alpha value is -1.62. The second kappa shape index (κ2) is 7.85. The molecule has 1 atom stereocenters. The van der Waals surface area contributed by atoms with Crippen LogP contribution >= 0.6 is 0 Å². The lowest BCUT2D eigenvalue weighted by Gasteiger charge is -2.19. The molecule has 20 heavy (non-hydrogen) atoms. The Kier molecular flexibility index (Phi) is 6.45. The molecule has 1 aromatic heterocycles. The van der Waals surface area contributed by atoms with Crippen LogP contribution in [0.4, 0.5) is 11.4 Å². The lowest BCUT2D eigenvalue weighted by Crippen LogP contribution is -2.24. The van der Waals surface area contributed by atoms with E-state index in [0.717, 1.165) is 17.8 Å². The maximum Gasteiger partial charge on any atom is 0.224 e. The van der Waals surface area contributed by atoms with Crippen LogP contribution in [0.5, 0.6) is 0 Å². The zero-order chi connectivity index (χ0) is 15.1. The Morgan fingerprint density at radius 3 is 2.70 bits per heavy atom. The van der Waals surface area contributed by atoms with Crippen molar-refractivity contribution in [2.75, 3.05) is 30.9 Å². The molecule has 0 aliphatic rings. The molecule has 0 spiro atoms. The third kappa shape index (κ3) is 5.17. The van der Waals surface area contributed by atoms with E-state index in [9.17, 15) is 4.79 Å². The van der Waals surface area contributed by atoms with Gasteiger partial charge in [-0.2, -0.15) is 0 Å². The number of anilines is 2. The zero-order valence-electron chi connectivity index (χ0n) is 12.9. The number of amides is 1. The summed E-state index contributed by atoms with van der Waals surface area (Å²) in [6, 6.07) is 1.88. The van der Waals surface area contributed by atoms with Gasteiger partial charge in [0.2, 0.25) is 5.91 Å². The second-order valence-corrected chi connectivity index (χ2v) is 5.77. The highest BCUT2D eigenvalue weighted by molar-refractivity contribution is 5.94. The SMILES string of the molecule is CC(C)CC(CN)CC(=O)Nc1cnccc1N(C)C. The van der Waals surface area contributed by atoms with Crippen molar-refractivity contribution >= 4 is 17.3 Å². The average Bonchev–Trinajstić information content (AvgIpc) is 2.37. The van der Waals surface area contributed by atoms with Gasteiger partial charge in [0.25, 0.3) is 0 Å². The van der Waals surface area contributed by atoms with E-state index in [4.69, 9.17) is 5.73 Å². The number of carbonyl (C=O) groups excluding carboxylic acids is 1. The fraction of sp³-hybridized carbons (Fsp3) is 0.600. The highest BCUT2D eigenvalue weighted by Gasteiger charge is 2.15. The van der Waals surface area contributed by atoms with Crippen molar-refractivity contribution in [1.29, 1.82) is 0 Å². The molecule has 0 fully saturated rings. The number of nitrogens with zero attached hydrogens (tertiary/aromatic N) is 2. The molecule has 0 radical (unpaired) electrons. The quantitative estimate of drug-likeness (QED) is 0.801. The van der Waals surface area contributed by atoms with Crippen LogP contribution in [-0.2, 0) is 4.79 Å². The first-order chi connectivity index (χ1) is 9.43. The molecular formula is C15H26N4O. The monoisotopic (exact) mass is 278 g/mol. The van der Waals surface area contributed by atoms with Crippen molar-refractivity contribution in [1.82, 2.24) is 4.98 Å². The van der Waals surface area contributed by atoms with Crippen LogP contribution in [-0.4, -0.2) is 31.5 Å². The fourth-order valence-electron chi connectivity index (χ4n) is 2.27. The standard InChI is InChI=1S/C15H26N4O/c1-11(2)7-12(9-16)8-15(20)18-13-10-17-6-5-14(13)19(3)4/h5-6,10-12H,7-9,16H2,1-4H3,(H,18,20). The van der Waals surface area contributed by atoms with Crippen molar-refractivity contribution in [3.63, 3.8) is 0 Å². The van der Waals surface area contributed by atoms with Crippen molar-refractivity contribution in [3.05, 3.63) is 18.5 Å². The van der Waals surface area contributed by atoms with Gasteiger partial charge in [-0.25, -0.2) is 0 Å². The van der Waals surface area contributed by atoms with E-state index in [1.54, 1.807) is 12.4 Å². The van der Waals surface area contributed by atoms with Gasteiger partial charge < -0.3 is 16.0 Å². The van der Waals surface area contributed by atoms with Gasteiger partial charge in [0.15, 0.2) is 0 Å². The molecule has 112 valence electrons. The predicted molar refractivity (Wildman–Crippen MR) is 83.8 cm³/mol. The Morgan fingerprint density at radius 2 is 2.15 bits per heavy atom. The van der Waals surface area contributed by atoms with Gasteiger partial charge in [-0.05, 0) is 30.9 Å². The van der Waals surface area contributed by atoms with E-state index >= 15 is 0 Å². The number of pyridine rings is 1. The lowest BCUT2D eigenvalue weighted by atomic mass is 9.94. The van der Waals surface area contributed by atoms with Gasteiger partial charge in [-0.15, -0.1) is 0 Å². The van der Waals surface area contributed by atoms with Gasteiger partial charge >= 0.3 is 0 Å². The second-order valence-electron chi connectivity index (χ2n) is 5.77. The molecule has 0 saturated heterocycles. The van der Waals surface area contributed by atoms with Crippen molar-refractivity contribution in [2.24, 2.45) is 17.6 Å². The Balaban J connectivity index is 2.66. The Bertz CT molecular complexity index is 432. The van der Waals surface area contributed by atoms with Crippen molar-refractivity contribution < 1.29 is 4.79 Å². The first kappa shape index (κ1) is 16.4. The van der Waals surface area contributed by atoms with Crippen LogP contribution in [0.1, 0.15) is 26.7 Å². The predicted octanol–water partition coefficient (Wildman–Crippen LogP) is 2.10. The summed E-state index contributed by atoms with van der Waals surface area (Å²) < 4.78 is 0. The summed E-state index contributed by atoms with van der Waals surface area (Å²) in [7, 11) is 3.87. The third-order valence-corrected chi connectivity index (χ3v) is 3.17. The number of hydrogen-bond acceptors (Lipinski definition) is 4. The van der Waals surface area contributed by atoms with E-state index < -0.39 is 0 Å². The summed E-state index contributed by atoms with van der Waals surface area (Å²) in [5, 5.41) is 2.93. The molecule has 1 rings (SSSR count). The van der Waals surface area contributed by atoms with Crippen LogP contribution in [0.3, 0.4) is 0 Å². The minimum absolute atomic E-state index is 0.00259. The molecule has 1 aromatic rings. The summed E-state index contributed by atoms with van der Waals surface area (Å²) in [6.45, 7) is 4.83. The molecule has 1 heterocycles. The van der Waals surface area contributed by atoms with Crippen LogP contribution in [0.2, 0.25) is 0 Å². The molecule has 3 N–H and O–H groups in total. The summed E-state index contributed by atoms with van der Waals surface area (Å²) in [4.78, 5) is 18.1. The molecule has 0 bridgehead atoms. The molecule has 0 aliphatic carbocycles. The number of carbonyl (C=O) groups is 1. The van der Waals surface area contributed by atoms with E-state index in [1.807, 2.05) is 25.1 Å². The Morgan fingerprint density at radius 1 is 1.45 bits per heavy atom. The number of aromatic nitrogens is 1. The topological polar surface area (TPSA) is 71.2 Å². The molecule has 0 saturated carbocycles. The van der Waals surface area contributed by atoms with Gasteiger partial charge in [-0.3, -0.25) is 9.78 Å². The zero-order valence-corrected chi connectivity index (χ0v) is 12.9. The fourth-order valence-corrected chi connectivity index (χ4v) is 2.27. The van der Waals surface area contributed by atoms with Gasteiger partial charge in [0.05, 0.1) is 17.6 Å². The van der Waals surface area contributed by atoms with E-state index in [-0.39, 0.29) is 11.8 Å². The molecule has 1 amide bonds. The number of nitrogens with one attached hydrogen (secondary N) is 1. The minimum Gasteiger partial charge on any atom is -0.376 e. The van der Waals surface area contributed by atoms with Crippen molar-refractivity contribution in [3.8, 4) is 0 Å². The molecule has 1 unspecified atom stereocenters. The van der Waals surface area contributed by atoms with Crippen molar-refractivity contribution in [2.45, 2.75) is 26.7 Å². The number of rotatable bonds is 7. The summed E-state index contributed by atoms with van der Waals surface area (Å²) >= 11 is 0. The van der Waals surface area contributed by atoms with Crippen LogP contribution in [0.15, 0.2) is 18.5 Å². The summed E-state index contributed by atoms with van der Waals surface area (Å²) in [5.41, 5.74) is 7.42. The molecule has 0 aromatic carbocycles. The highest BCUT2D eigenvalue weighted by Crippen LogP contribution is 2.23. The van der Waals surface area contributed by atoms with E-state index in [0.29, 0.717) is 18.9 Å². The maximum atomic E-state index is 12.1. The van der Waals surface area contributed by atoms with Gasteiger partial charge in [-0.1, -0.05) is 13.8 Å². The average molecular weight is 278 g/mol.